The molecule has 0 radical (unpaired) electrons. The van der Waals surface area contributed by atoms with Gasteiger partial charge >= 0.3 is 0 Å². The largest absolute Gasteiger partial charge is 0.384 e. The molecule has 52 valence electrons. The third-order valence-electron chi connectivity index (χ3n) is 1.18. The van der Waals surface area contributed by atoms with Crippen molar-refractivity contribution in [3.63, 3.8) is 0 Å². The van der Waals surface area contributed by atoms with E-state index in [1.165, 1.54) is 0 Å². The van der Waals surface area contributed by atoms with E-state index in [1.54, 1.807) is 0 Å². The monoisotopic (exact) mass is 129 g/mol. The fourth-order valence-electron chi connectivity index (χ4n) is 0.723. The first-order valence-electron chi connectivity index (χ1n) is 2.70. The van der Waals surface area contributed by atoms with Gasteiger partial charge in [-0.3, -0.25) is 0 Å². The molecule has 0 aromatic rings. The van der Waals surface area contributed by atoms with Gasteiger partial charge in [0.05, 0.1) is 18.5 Å². The Bertz CT molecular complexity index is 138. The Kier molecular flexibility index (Phi) is 1.46. The quantitative estimate of drug-likeness (QED) is 0.252. The normalized spacial score (nSPS) is 18.1. The van der Waals surface area contributed by atoms with E-state index in [4.69, 9.17) is 17.2 Å². The van der Waals surface area contributed by atoms with E-state index in [-0.39, 0.29) is 0 Å². The van der Waals surface area contributed by atoms with Gasteiger partial charge in [0.15, 0.2) is 0 Å². The van der Waals surface area contributed by atoms with Crippen LogP contribution in [0.15, 0.2) is 11.5 Å². The molecule has 0 unspecified atom stereocenters. The van der Waals surface area contributed by atoms with E-state index in [1.807, 2.05) is 0 Å². The van der Waals surface area contributed by atoms with Gasteiger partial charge in [-0.1, -0.05) is 0 Å². The van der Waals surface area contributed by atoms with Crippen molar-refractivity contribution in [3.8, 4) is 0 Å². The lowest BCUT2D eigenvalue weighted by atomic mass is 10.4. The van der Waals surface area contributed by atoms with E-state index in [0.717, 1.165) is 0 Å². The molecule has 0 saturated carbocycles. The molecule has 0 atom stereocenters. The predicted molar refractivity (Wildman–Crippen MR) is 34.5 cm³/mol. The molecule has 0 saturated heterocycles. The number of nitrogens with two attached hydrogens (primary N) is 3. The van der Waals surface area contributed by atoms with E-state index in [9.17, 15) is 0 Å². The van der Waals surface area contributed by atoms with Gasteiger partial charge in [-0.15, -0.1) is 0 Å². The molecule has 5 nitrogen and oxygen atoms in total. The van der Waals surface area contributed by atoms with Gasteiger partial charge < -0.3 is 27.8 Å². The second-order valence-corrected chi connectivity index (χ2v) is 1.88. The molecule has 0 fully saturated rings. The summed E-state index contributed by atoms with van der Waals surface area (Å²) < 4.78 is 0. The van der Waals surface area contributed by atoms with Crippen molar-refractivity contribution in [2.75, 3.05) is 6.67 Å². The van der Waals surface area contributed by atoms with Crippen LogP contribution < -0.4 is 27.8 Å². The van der Waals surface area contributed by atoms with Crippen LogP contribution in [0.4, 0.5) is 0 Å². The van der Waals surface area contributed by atoms with Crippen molar-refractivity contribution in [3.05, 3.63) is 11.5 Å². The van der Waals surface area contributed by atoms with Crippen molar-refractivity contribution in [2.24, 2.45) is 17.2 Å². The van der Waals surface area contributed by atoms with E-state index in [0.29, 0.717) is 18.2 Å². The minimum absolute atomic E-state index is 0.500. The van der Waals surface area contributed by atoms with Crippen LogP contribution in [-0.2, 0) is 0 Å². The number of hydrogen-bond acceptors (Lipinski definition) is 5. The third-order valence-corrected chi connectivity index (χ3v) is 1.18. The van der Waals surface area contributed by atoms with Gasteiger partial charge in [0, 0.05) is 0 Å². The lowest BCUT2D eigenvalue weighted by molar-refractivity contribution is 0.719. The van der Waals surface area contributed by atoms with Gasteiger partial charge in [0.1, 0.15) is 5.82 Å². The van der Waals surface area contributed by atoms with Crippen LogP contribution in [0.5, 0.6) is 0 Å². The average molecular weight is 129 g/mol. The topological polar surface area (TPSA) is 102 Å². The molecule has 9 heavy (non-hydrogen) atoms. The van der Waals surface area contributed by atoms with Crippen molar-refractivity contribution in [1.82, 2.24) is 10.6 Å². The molecule has 8 N–H and O–H groups in total. The van der Waals surface area contributed by atoms with Crippen LogP contribution in [0.3, 0.4) is 0 Å². The second kappa shape index (κ2) is 2.12. The molecule has 1 rings (SSSR count). The van der Waals surface area contributed by atoms with E-state index < -0.39 is 6.17 Å². The molecule has 0 aromatic heterocycles. The molecule has 1 aliphatic rings. The maximum atomic E-state index is 5.43. The Hall–Kier alpha value is -0.940. The number of hydrogen-bond donors (Lipinski definition) is 5. The van der Waals surface area contributed by atoms with Crippen molar-refractivity contribution < 1.29 is 0 Å². The van der Waals surface area contributed by atoms with Crippen LogP contribution in [0, 0.1) is 0 Å². The Labute approximate surface area is 53.3 Å². The third kappa shape index (κ3) is 1.06. The van der Waals surface area contributed by atoms with Crippen LogP contribution in [0.1, 0.15) is 0 Å². The Morgan fingerprint density at radius 1 is 1.33 bits per heavy atom. The first kappa shape index (κ1) is 6.18. The first-order valence-corrected chi connectivity index (χ1v) is 2.70. The molecule has 0 spiro atoms. The summed E-state index contributed by atoms with van der Waals surface area (Å²) in [6, 6.07) is 0. The van der Waals surface area contributed by atoms with Gasteiger partial charge in [-0.2, -0.15) is 0 Å². The maximum absolute atomic E-state index is 5.43. The summed E-state index contributed by atoms with van der Waals surface area (Å²) in [6.07, 6.45) is -0.500. The Morgan fingerprint density at radius 3 is 2.22 bits per heavy atom. The summed E-state index contributed by atoms with van der Waals surface area (Å²) in [4.78, 5) is 0. The van der Waals surface area contributed by atoms with Gasteiger partial charge in [0.2, 0.25) is 0 Å². The smallest absolute Gasteiger partial charge is 0.120 e. The number of nitrogens with one attached hydrogen (secondary N) is 2. The van der Waals surface area contributed by atoms with Crippen LogP contribution in [-0.4, -0.2) is 12.8 Å². The van der Waals surface area contributed by atoms with Crippen molar-refractivity contribution in [2.45, 2.75) is 6.17 Å². The average Bonchev–Trinajstić information content (AvgIpc) is 2.13. The summed E-state index contributed by atoms with van der Waals surface area (Å²) in [7, 11) is 0. The first-order chi connectivity index (χ1) is 4.22. The van der Waals surface area contributed by atoms with Gasteiger partial charge in [0.25, 0.3) is 0 Å². The fraction of sp³-hybridized carbons (Fsp3) is 0.500. The van der Waals surface area contributed by atoms with Crippen LogP contribution in [0.25, 0.3) is 0 Å². The summed E-state index contributed by atoms with van der Waals surface area (Å²) in [5, 5.41) is 5.74. The molecule has 0 amide bonds. The Morgan fingerprint density at radius 2 is 2.00 bits per heavy atom. The van der Waals surface area contributed by atoms with Crippen LogP contribution in [0.2, 0.25) is 0 Å². The highest BCUT2D eigenvalue weighted by molar-refractivity contribution is 5.16. The fourth-order valence-corrected chi connectivity index (χ4v) is 0.723. The van der Waals surface area contributed by atoms with E-state index in [2.05, 4.69) is 10.6 Å². The number of rotatable bonds is 1. The highest BCUT2D eigenvalue weighted by atomic mass is 15.2. The van der Waals surface area contributed by atoms with E-state index >= 15 is 0 Å². The second-order valence-electron chi connectivity index (χ2n) is 1.88. The molecule has 0 aliphatic carbocycles. The highest BCUT2D eigenvalue weighted by Crippen LogP contribution is 1.96. The zero-order valence-electron chi connectivity index (χ0n) is 5.02. The minimum Gasteiger partial charge on any atom is -0.384 e. The molecule has 1 heterocycles. The maximum Gasteiger partial charge on any atom is 0.120 e. The molecule has 0 aromatic carbocycles. The molecule has 0 bridgehead atoms. The lowest BCUT2D eigenvalue weighted by Crippen LogP contribution is -2.38. The highest BCUT2D eigenvalue weighted by Gasteiger charge is 2.12. The predicted octanol–water partition coefficient (Wildman–Crippen LogP) is -2.49. The lowest BCUT2D eigenvalue weighted by Gasteiger charge is -2.05. The van der Waals surface area contributed by atoms with Crippen molar-refractivity contribution in [1.29, 1.82) is 0 Å². The zero-order chi connectivity index (χ0) is 6.85. The molecular formula is C4H11N5. The Balaban J connectivity index is 2.66. The summed E-state index contributed by atoms with van der Waals surface area (Å²) in [5.41, 5.74) is 16.8. The molecule has 5 heteroatoms. The summed E-state index contributed by atoms with van der Waals surface area (Å²) >= 11 is 0. The standard InChI is InChI=1S/C4H11N5/c5-3(6)2-4(7)9-1-8-2/h3,8-9H,1,5-7H2. The zero-order valence-corrected chi connectivity index (χ0v) is 5.02. The minimum atomic E-state index is -0.500. The van der Waals surface area contributed by atoms with Gasteiger partial charge in [-0.25, -0.2) is 0 Å². The van der Waals surface area contributed by atoms with Gasteiger partial charge in [-0.05, 0) is 0 Å². The van der Waals surface area contributed by atoms with Crippen LogP contribution >= 0.6 is 0 Å². The molecular weight excluding hydrogens is 118 g/mol. The SMILES string of the molecule is NC1=C(C(N)N)NCN1. The molecule has 1 aliphatic heterocycles. The van der Waals surface area contributed by atoms with Crippen molar-refractivity contribution >= 4 is 0 Å². The summed E-state index contributed by atoms with van der Waals surface area (Å²) in [6.45, 7) is 0.617. The summed E-state index contributed by atoms with van der Waals surface area (Å²) in [5.74, 6) is 0.546.